The predicted molar refractivity (Wildman–Crippen MR) is 127 cm³/mol. The second-order valence-corrected chi connectivity index (χ2v) is 9.43. The van der Waals surface area contributed by atoms with Gasteiger partial charge in [0.1, 0.15) is 0 Å². The second kappa shape index (κ2) is 9.82. The number of carbonyl (C=O) groups is 1. The van der Waals surface area contributed by atoms with Gasteiger partial charge in [-0.3, -0.25) is 13.9 Å². The van der Waals surface area contributed by atoms with Crippen molar-refractivity contribution in [2.24, 2.45) is 0 Å². The van der Waals surface area contributed by atoms with Crippen molar-refractivity contribution in [2.45, 2.75) is 38.6 Å². The lowest BCUT2D eigenvalue weighted by atomic mass is 10.2. The van der Waals surface area contributed by atoms with E-state index in [9.17, 15) is 18.0 Å². The number of pyridine rings is 1. The van der Waals surface area contributed by atoms with Gasteiger partial charge >= 0.3 is 0 Å². The summed E-state index contributed by atoms with van der Waals surface area (Å²) in [5, 5.41) is 2.74. The highest BCUT2D eigenvalue weighted by molar-refractivity contribution is 7.92. The zero-order chi connectivity index (χ0) is 23.3. The Labute approximate surface area is 188 Å². The largest absolute Gasteiger partial charge is 0.325 e. The van der Waals surface area contributed by atoms with E-state index in [4.69, 9.17) is 0 Å². The molecule has 0 bridgehead atoms. The van der Waals surface area contributed by atoms with Crippen molar-refractivity contribution in [3.63, 3.8) is 0 Å². The van der Waals surface area contributed by atoms with Crippen LogP contribution in [-0.4, -0.2) is 25.4 Å². The van der Waals surface area contributed by atoms with E-state index in [-0.39, 0.29) is 29.3 Å². The summed E-state index contributed by atoms with van der Waals surface area (Å²) >= 11 is 0. The summed E-state index contributed by atoms with van der Waals surface area (Å²) in [6, 6.07) is 16.7. The van der Waals surface area contributed by atoms with E-state index in [1.54, 1.807) is 42.6 Å². The van der Waals surface area contributed by atoms with E-state index in [0.29, 0.717) is 17.9 Å². The molecule has 0 aliphatic rings. The van der Waals surface area contributed by atoms with Gasteiger partial charge in [-0.2, -0.15) is 0 Å². The van der Waals surface area contributed by atoms with Crippen LogP contribution in [0.2, 0.25) is 0 Å². The fraction of sp³-hybridized carbons (Fsp3) is 0.250. The smallest absolute Gasteiger partial charge is 0.264 e. The Hall–Kier alpha value is -3.39. The van der Waals surface area contributed by atoms with Crippen molar-refractivity contribution in [1.29, 1.82) is 0 Å². The monoisotopic (exact) mass is 453 g/mol. The van der Waals surface area contributed by atoms with Gasteiger partial charge in [0.05, 0.1) is 16.3 Å². The number of hydrogen-bond acceptors (Lipinski definition) is 4. The van der Waals surface area contributed by atoms with Gasteiger partial charge in [0.25, 0.3) is 15.6 Å². The Balaban J connectivity index is 1.83. The minimum absolute atomic E-state index is 0.0292. The lowest BCUT2D eigenvalue weighted by molar-refractivity contribution is -0.116. The normalized spacial score (nSPS) is 11.2. The lowest BCUT2D eigenvalue weighted by Gasteiger charge is -2.24. The second-order valence-electron chi connectivity index (χ2n) is 7.57. The average Bonchev–Trinajstić information content (AvgIpc) is 2.76. The summed E-state index contributed by atoms with van der Waals surface area (Å²) in [5.74, 6) is -0.345. The first-order valence-corrected chi connectivity index (χ1v) is 11.8. The summed E-state index contributed by atoms with van der Waals surface area (Å²) in [6.07, 6.45) is 1.52. The number of nitrogens with zero attached hydrogens (tertiary/aromatic N) is 2. The lowest BCUT2D eigenvalue weighted by Crippen LogP contribution is -2.34. The van der Waals surface area contributed by atoms with Crippen molar-refractivity contribution >= 4 is 27.3 Å². The topological polar surface area (TPSA) is 88.5 Å². The van der Waals surface area contributed by atoms with E-state index >= 15 is 0 Å². The molecule has 0 aliphatic carbocycles. The fourth-order valence-electron chi connectivity index (χ4n) is 3.22. The molecule has 0 spiro atoms. The maximum atomic E-state index is 13.4. The van der Waals surface area contributed by atoms with Gasteiger partial charge in [0.15, 0.2) is 0 Å². The average molecular weight is 454 g/mol. The molecule has 1 amide bonds. The number of sulfonamides is 1. The van der Waals surface area contributed by atoms with E-state index < -0.39 is 10.0 Å². The van der Waals surface area contributed by atoms with Gasteiger partial charge in [-0.1, -0.05) is 35.4 Å². The quantitative estimate of drug-likeness (QED) is 0.563. The molecule has 0 aliphatic heterocycles. The molecule has 1 heterocycles. The molecule has 7 nitrogen and oxygen atoms in total. The molecule has 2 aromatic carbocycles. The summed E-state index contributed by atoms with van der Waals surface area (Å²) < 4.78 is 29.5. The predicted octanol–water partition coefficient (Wildman–Crippen LogP) is 3.71. The standard InChI is InChI=1S/C24H27N3O4S/c1-4-26-17-20(9-14-24(26)29)25-23(28)15-16-27(21-10-5-18(2)6-11-21)32(30,31)22-12-7-19(3)8-13-22/h5-14,17H,4,15-16H2,1-3H3,(H,25,28). The number of hydrogen-bond donors (Lipinski definition) is 1. The molecule has 1 aromatic heterocycles. The molecule has 3 aromatic rings. The van der Waals surface area contributed by atoms with Gasteiger partial charge in [-0.25, -0.2) is 8.42 Å². The molecule has 8 heteroatoms. The van der Waals surface area contributed by atoms with Gasteiger partial charge in [-0.15, -0.1) is 0 Å². The Morgan fingerprint density at radius 2 is 1.53 bits per heavy atom. The summed E-state index contributed by atoms with van der Waals surface area (Å²) in [5.41, 5.74) is 2.78. The first-order valence-electron chi connectivity index (χ1n) is 10.4. The number of aryl methyl sites for hydroxylation is 3. The Morgan fingerprint density at radius 3 is 2.12 bits per heavy atom. The number of carbonyl (C=O) groups excluding carboxylic acids is 1. The van der Waals surface area contributed by atoms with Crippen molar-refractivity contribution in [2.75, 3.05) is 16.2 Å². The van der Waals surface area contributed by atoms with Crippen molar-refractivity contribution in [3.05, 3.63) is 88.3 Å². The highest BCUT2D eigenvalue weighted by atomic mass is 32.2. The SMILES string of the molecule is CCn1cc(NC(=O)CCN(c2ccc(C)cc2)S(=O)(=O)c2ccc(C)cc2)ccc1=O. The number of anilines is 2. The molecule has 0 saturated heterocycles. The molecule has 0 saturated carbocycles. The molecule has 0 radical (unpaired) electrons. The Bertz CT molecular complexity index is 1250. The molecule has 1 N–H and O–H groups in total. The summed E-state index contributed by atoms with van der Waals surface area (Å²) in [6.45, 7) is 6.10. The van der Waals surface area contributed by atoms with Crippen LogP contribution in [0, 0.1) is 13.8 Å². The van der Waals surface area contributed by atoms with Crippen LogP contribution in [0.4, 0.5) is 11.4 Å². The highest BCUT2D eigenvalue weighted by Gasteiger charge is 2.25. The minimum atomic E-state index is -3.86. The number of aromatic nitrogens is 1. The van der Waals surface area contributed by atoms with Crippen LogP contribution < -0.4 is 15.2 Å². The third-order valence-corrected chi connectivity index (χ3v) is 6.92. The number of rotatable bonds is 8. The van der Waals surface area contributed by atoms with Crippen LogP contribution in [0.5, 0.6) is 0 Å². The molecular formula is C24H27N3O4S. The molecule has 168 valence electrons. The Morgan fingerprint density at radius 1 is 0.938 bits per heavy atom. The fourth-order valence-corrected chi connectivity index (χ4v) is 4.68. The van der Waals surface area contributed by atoms with Gasteiger partial charge in [0, 0.05) is 31.8 Å². The van der Waals surface area contributed by atoms with Crippen LogP contribution in [0.3, 0.4) is 0 Å². The van der Waals surface area contributed by atoms with Crippen molar-refractivity contribution in [1.82, 2.24) is 4.57 Å². The van der Waals surface area contributed by atoms with Gasteiger partial charge in [0.2, 0.25) is 5.91 Å². The Kier molecular flexibility index (Phi) is 7.15. The third-order valence-electron chi connectivity index (χ3n) is 5.08. The van der Waals surface area contributed by atoms with Crippen molar-refractivity contribution < 1.29 is 13.2 Å². The zero-order valence-corrected chi connectivity index (χ0v) is 19.2. The maximum Gasteiger partial charge on any atom is 0.264 e. The van der Waals surface area contributed by atoms with Crippen LogP contribution in [0.1, 0.15) is 24.5 Å². The van der Waals surface area contributed by atoms with E-state index in [1.807, 2.05) is 32.9 Å². The molecule has 0 atom stereocenters. The van der Waals surface area contributed by atoms with E-state index in [2.05, 4.69) is 5.32 Å². The molecule has 3 rings (SSSR count). The van der Waals surface area contributed by atoms with Crippen LogP contribution in [0.25, 0.3) is 0 Å². The van der Waals surface area contributed by atoms with Gasteiger partial charge in [-0.05, 0) is 51.1 Å². The number of nitrogens with one attached hydrogen (secondary N) is 1. The number of amides is 1. The third kappa shape index (κ3) is 5.45. The minimum Gasteiger partial charge on any atom is -0.325 e. The summed E-state index contributed by atoms with van der Waals surface area (Å²) in [4.78, 5) is 24.5. The molecule has 0 fully saturated rings. The molecule has 32 heavy (non-hydrogen) atoms. The summed E-state index contributed by atoms with van der Waals surface area (Å²) in [7, 11) is -3.86. The van der Waals surface area contributed by atoms with Crippen LogP contribution in [-0.2, 0) is 21.4 Å². The van der Waals surface area contributed by atoms with Crippen molar-refractivity contribution in [3.8, 4) is 0 Å². The van der Waals surface area contributed by atoms with E-state index in [1.165, 1.54) is 21.0 Å². The van der Waals surface area contributed by atoms with Crippen LogP contribution >= 0.6 is 0 Å². The van der Waals surface area contributed by atoms with E-state index in [0.717, 1.165) is 11.1 Å². The zero-order valence-electron chi connectivity index (χ0n) is 18.4. The first kappa shape index (κ1) is 23.3. The first-order chi connectivity index (χ1) is 15.2. The molecular weight excluding hydrogens is 426 g/mol. The number of benzene rings is 2. The maximum absolute atomic E-state index is 13.4. The highest BCUT2D eigenvalue weighted by Crippen LogP contribution is 2.25. The van der Waals surface area contributed by atoms with Crippen LogP contribution in [0.15, 0.2) is 76.6 Å². The molecule has 0 unspecified atom stereocenters. The van der Waals surface area contributed by atoms with Gasteiger partial charge < -0.3 is 9.88 Å².